The topological polar surface area (TPSA) is 57.7 Å². The largest absolute Gasteiger partial charge is 0.347 e. The van der Waals surface area contributed by atoms with Crippen LogP contribution in [0.3, 0.4) is 0 Å². The van der Waals surface area contributed by atoms with Gasteiger partial charge in [-0.2, -0.15) is 0 Å². The van der Waals surface area contributed by atoms with E-state index in [-0.39, 0.29) is 17.3 Å². The average Bonchev–Trinajstić information content (AvgIpc) is 2.60. The van der Waals surface area contributed by atoms with Gasteiger partial charge in [0.1, 0.15) is 6.54 Å². The van der Waals surface area contributed by atoms with Crippen LogP contribution < -0.4 is 4.31 Å². The number of hydrogen-bond acceptors (Lipinski definition) is 3. The van der Waals surface area contributed by atoms with Gasteiger partial charge >= 0.3 is 0 Å². The van der Waals surface area contributed by atoms with Crippen LogP contribution in [0.1, 0.15) is 12.5 Å². The number of anilines is 1. The molecule has 0 bridgehead atoms. The van der Waals surface area contributed by atoms with E-state index in [2.05, 4.69) is 0 Å². The quantitative estimate of drug-likeness (QED) is 0.808. The first-order valence-electron chi connectivity index (χ1n) is 7.73. The molecule has 128 valence electrons. The van der Waals surface area contributed by atoms with Gasteiger partial charge in [0.25, 0.3) is 10.0 Å². The Kier molecular flexibility index (Phi) is 5.62. The third-order valence-corrected chi connectivity index (χ3v) is 5.53. The fourth-order valence-corrected chi connectivity index (χ4v) is 3.63. The Morgan fingerprint density at radius 1 is 0.958 bits per heavy atom. The van der Waals surface area contributed by atoms with E-state index in [1.54, 1.807) is 44.4 Å². The predicted octanol–water partition coefficient (Wildman–Crippen LogP) is 2.53. The van der Waals surface area contributed by atoms with Crippen molar-refractivity contribution >= 4 is 21.6 Å². The van der Waals surface area contributed by atoms with Gasteiger partial charge in [0.05, 0.1) is 10.6 Å². The summed E-state index contributed by atoms with van der Waals surface area (Å²) in [6, 6.07) is 15.4. The zero-order valence-electron chi connectivity index (χ0n) is 14.1. The predicted molar refractivity (Wildman–Crippen MR) is 95.5 cm³/mol. The number of benzene rings is 2. The molecular weight excluding hydrogens is 324 g/mol. The summed E-state index contributed by atoms with van der Waals surface area (Å²) in [5.74, 6) is -0.283. The normalized spacial score (nSPS) is 11.1. The molecule has 24 heavy (non-hydrogen) atoms. The van der Waals surface area contributed by atoms with Crippen LogP contribution in [-0.4, -0.2) is 39.9 Å². The summed E-state index contributed by atoms with van der Waals surface area (Å²) in [6.45, 7) is 1.79. The summed E-state index contributed by atoms with van der Waals surface area (Å²) >= 11 is 0. The lowest BCUT2D eigenvalue weighted by Gasteiger charge is -2.25. The number of nitrogens with zero attached hydrogens (tertiary/aromatic N) is 2. The maximum absolute atomic E-state index is 13.0. The smallest absolute Gasteiger partial charge is 0.264 e. The highest BCUT2D eigenvalue weighted by Crippen LogP contribution is 2.24. The van der Waals surface area contributed by atoms with Crippen molar-refractivity contribution in [3.8, 4) is 0 Å². The van der Waals surface area contributed by atoms with Crippen LogP contribution in [0.4, 0.5) is 5.69 Å². The highest BCUT2D eigenvalue weighted by molar-refractivity contribution is 7.92. The van der Waals surface area contributed by atoms with Crippen LogP contribution in [-0.2, 0) is 21.2 Å². The van der Waals surface area contributed by atoms with E-state index < -0.39 is 10.0 Å². The molecule has 0 spiro atoms. The SMILES string of the molecule is CCc1ccc(N(CC(=O)N(C)C)S(=O)(=O)c2ccccc2)cc1. The van der Waals surface area contributed by atoms with Crippen molar-refractivity contribution in [2.45, 2.75) is 18.2 Å². The summed E-state index contributed by atoms with van der Waals surface area (Å²) in [7, 11) is -0.602. The Morgan fingerprint density at radius 2 is 1.54 bits per heavy atom. The number of carbonyl (C=O) groups excluding carboxylic acids is 1. The molecule has 0 aromatic heterocycles. The lowest BCUT2D eigenvalue weighted by Crippen LogP contribution is -2.40. The number of rotatable bonds is 6. The highest BCUT2D eigenvalue weighted by atomic mass is 32.2. The minimum Gasteiger partial charge on any atom is -0.347 e. The van der Waals surface area contributed by atoms with Gasteiger partial charge in [0.2, 0.25) is 5.91 Å². The number of carbonyl (C=O) groups is 1. The van der Waals surface area contributed by atoms with Gasteiger partial charge in [-0.15, -0.1) is 0 Å². The summed E-state index contributed by atoms with van der Waals surface area (Å²) in [4.78, 5) is 13.7. The van der Waals surface area contributed by atoms with Gasteiger partial charge in [-0.1, -0.05) is 37.3 Å². The molecule has 0 N–H and O–H groups in total. The van der Waals surface area contributed by atoms with Crippen molar-refractivity contribution in [3.63, 3.8) is 0 Å². The first-order valence-corrected chi connectivity index (χ1v) is 9.17. The Bertz CT molecular complexity index is 785. The molecule has 2 aromatic carbocycles. The van der Waals surface area contributed by atoms with Crippen molar-refractivity contribution in [1.82, 2.24) is 4.90 Å². The zero-order chi connectivity index (χ0) is 17.7. The molecule has 0 aliphatic carbocycles. The van der Waals surface area contributed by atoms with E-state index >= 15 is 0 Å². The van der Waals surface area contributed by atoms with Crippen LogP contribution in [0.2, 0.25) is 0 Å². The number of sulfonamides is 1. The Balaban J connectivity index is 2.47. The first kappa shape index (κ1) is 18.0. The standard InChI is InChI=1S/C18H22N2O3S/c1-4-15-10-12-16(13-11-15)20(14-18(21)19(2)3)24(22,23)17-8-6-5-7-9-17/h5-13H,4,14H2,1-3H3. The van der Waals surface area contributed by atoms with E-state index in [0.29, 0.717) is 5.69 Å². The van der Waals surface area contributed by atoms with Crippen molar-refractivity contribution in [3.05, 3.63) is 60.2 Å². The minimum atomic E-state index is -3.82. The summed E-state index contributed by atoms with van der Waals surface area (Å²) < 4.78 is 27.2. The maximum Gasteiger partial charge on any atom is 0.264 e. The molecule has 0 saturated heterocycles. The number of aryl methyl sites for hydroxylation is 1. The van der Waals surface area contributed by atoms with Gasteiger partial charge in [-0.3, -0.25) is 9.10 Å². The molecule has 0 radical (unpaired) electrons. The summed E-state index contributed by atoms with van der Waals surface area (Å²) in [6.07, 6.45) is 0.863. The molecule has 5 nitrogen and oxygen atoms in total. The number of likely N-dealkylation sites (N-methyl/N-ethyl adjacent to an activating group) is 1. The average molecular weight is 346 g/mol. The molecule has 0 heterocycles. The second kappa shape index (κ2) is 7.49. The molecule has 0 aliphatic rings. The molecule has 0 aliphatic heterocycles. The lowest BCUT2D eigenvalue weighted by atomic mass is 10.1. The Morgan fingerprint density at radius 3 is 2.04 bits per heavy atom. The van der Waals surface area contributed by atoms with E-state index in [1.807, 2.05) is 19.1 Å². The van der Waals surface area contributed by atoms with Crippen molar-refractivity contribution in [1.29, 1.82) is 0 Å². The van der Waals surface area contributed by atoms with Gasteiger partial charge in [-0.25, -0.2) is 8.42 Å². The van der Waals surface area contributed by atoms with Crippen molar-refractivity contribution < 1.29 is 13.2 Å². The highest BCUT2D eigenvalue weighted by Gasteiger charge is 2.27. The summed E-state index contributed by atoms with van der Waals surface area (Å²) in [5, 5.41) is 0. The van der Waals surface area contributed by atoms with Crippen LogP contribution >= 0.6 is 0 Å². The molecule has 2 aromatic rings. The second-order valence-electron chi connectivity index (χ2n) is 5.63. The van der Waals surface area contributed by atoms with Crippen LogP contribution in [0, 0.1) is 0 Å². The molecule has 6 heteroatoms. The van der Waals surface area contributed by atoms with Gasteiger partial charge in [-0.05, 0) is 36.2 Å². The zero-order valence-corrected chi connectivity index (χ0v) is 15.0. The van der Waals surface area contributed by atoms with Crippen LogP contribution in [0.5, 0.6) is 0 Å². The molecule has 0 atom stereocenters. The molecule has 1 amide bonds. The number of amides is 1. The molecule has 0 fully saturated rings. The Labute approximate surface area is 143 Å². The van der Waals surface area contributed by atoms with E-state index in [0.717, 1.165) is 16.3 Å². The Hall–Kier alpha value is -2.34. The molecule has 0 unspecified atom stereocenters. The second-order valence-corrected chi connectivity index (χ2v) is 7.50. The molecule has 2 rings (SSSR count). The molecular formula is C18H22N2O3S. The lowest BCUT2D eigenvalue weighted by molar-refractivity contribution is -0.127. The van der Waals surface area contributed by atoms with Gasteiger partial charge in [0.15, 0.2) is 0 Å². The van der Waals surface area contributed by atoms with Crippen molar-refractivity contribution in [2.24, 2.45) is 0 Å². The van der Waals surface area contributed by atoms with Gasteiger partial charge in [0, 0.05) is 14.1 Å². The third kappa shape index (κ3) is 3.94. The monoisotopic (exact) mass is 346 g/mol. The fraction of sp³-hybridized carbons (Fsp3) is 0.278. The third-order valence-electron chi connectivity index (χ3n) is 3.74. The van der Waals surface area contributed by atoms with Gasteiger partial charge < -0.3 is 4.90 Å². The van der Waals surface area contributed by atoms with Crippen molar-refractivity contribution in [2.75, 3.05) is 24.9 Å². The fourth-order valence-electron chi connectivity index (χ4n) is 2.20. The number of hydrogen-bond donors (Lipinski definition) is 0. The van der Waals surface area contributed by atoms with E-state index in [1.165, 1.54) is 17.0 Å². The maximum atomic E-state index is 13.0. The van der Waals surface area contributed by atoms with E-state index in [9.17, 15) is 13.2 Å². The molecule has 0 saturated carbocycles. The minimum absolute atomic E-state index is 0.163. The summed E-state index contributed by atoms with van der Waals surface area (Å²) in [5.41, 5.74) is 1.58. The van der Waals surface area contributed by atoms with Crippen LogP contribution in [0.25, 0.3) is 0 Å². The van der Waals surface area contributed by atoms with E-state index in [4.69, 9.17) is 0 Å². The first-order chi connectivity index (χ1) is 11.4. The van der Waals surface area contributed by atoms with Crippen LogP contribution in [0.15, 0.2) is 59.5 Å².